The standard InChI is InChI=1S/C34H52O4S/c1-3-5-7-8-9-10-11-12-13-14-15-17-29-38-32-25-21-30(22-26-32)19-20-31-23-27-33(28-24-31)39(36,37)34(35)18-16-6-4-2/h19-28,34-35H,3-18,29H2,1-2H3. The Balaban J connectivity index is 1.64. The van der Waals surface area contributed by atoms with E-state index in [0.717, 1.165) is 42.7 Å². The third-order valence-corrected chi connectivity index (χ3v) is 9.12. The molecule has 0 bridgehead atoms. The lowest BCUT2D eigenvalue weighted by atomic mass is 10.1. The van der Waals surface area contributed by atoms with Crippen LogP contribution >= 0.6 is 0 Å². The molecule has 0 heterocycles. The predicted molar refractivity (Wildman–Crippen MR) is 166 cm³/mol. The summed E-state index contributed by atoms with van der Waals surface area (Å²) in [4.78, 5) is 0.165. The minimum absolute atomic E-state index is 0.165. The molecule has 0 aliphatic rings. The van der Waals surface area contributed by atoms with Gasteiger partial charge in [-0.2, -0.15) is 0 Å². The molecule has 0 spiro atoms. The van der Waals surface area contributed by atoms with Gasteiger partial charge in [0.1, 0.15) is 5.75 Å². The lowest BCUT2D eigenvalue weighted by Crippen LogP contribution is -2.20. The molecule has 39 heavy (non-hydrogen) atoms. The summed E-state index contributed by atoms with van der Waals surface area (Å²) in [5.74, 6) is 0.891. The van der Waals surface area contributed by atoms with Crippen LogP contribution in [0, 0.1) is 0 Å². The van der Waals surface area contributed by atoms with Gasteiger partial charge in [-0.05, 0) is 54.7 Å². The van der Waals surface area contributed by atoms with Crippen LogP contribution in [0.2, 0.25) is 0 Å². The van der Waals surface area contributed by atoms with Gasteiger partial charge in [-0.25, -0.2) is 8.42 Å². The van der Waals surface area contributed by atoms with Crippen molar-refractivity contribution in [2.75, 3.05) is 6.61 Å². The molecule has 1 N–H and O–H groups in total. The van der Waals surface area contributed by atoms with Crippen molar-refractivity contribution in [3.63, 3.8) is 0 Å². The van der Waals surface area contributed by atoms with Gasteiger partial charge >= 0.3 is 0 Å². The first kappa shape index (κ1) is 33.1. The van der Waals surface area contributed by atoms with E-state index in [9.17, 15) is 13.5 Å². The quantitative estimate of drug-likeness (QED) is 0.116. The topological polar surface area (TPSA) is 63.6 Å². The molecule has 1 unspecified atom stereocenters. The summed E-state index contributed by atoms with van der Waals surface area (Å²) in [6.45, 7) is 5.08. The highest BCUT2D eigenvalue weighted by Gasteiger charge is 2.24. The minimum Gasteiger partial charge on any atom is -0.494 e. The molecular formula is C34H52O4S. The number of aliphatic hydroxyl groups excluding tert-OH is 1. The van der Waals surface area contributed by atoms with Crippen molar-refractivity contribution in [1.29, 1.82) is 0 Å². The summed E-state index contributed by atoms with van der Waals surface area (Å²) in [6, 6.07) is 14.7. The Kier molecular flexibility index (Phi) is 16.9. The SMILES string of the molecule is CCCCCCCCCCCCCCOc1ccc(C=Cc2ccc(S(=O)(=O)C(O)CCCCC)cc2)cc1. The zero-order valence-electron chi connectivity index (χ0n) is 24.5. The molecule has 0 fully saturated rings. The van der Waals surface area contributed by atoms with Gasteiger partial charge in [-0.15, -0.1) is 0 Å². The maximum absolute atomic E-state index is 12.6. The van der Waals surface area contributed by atoms with Crippen LogP contribution < -0.4 is 4.74 Å². The fraction of sp³-hybridized carbons (Fsp3) is 0.588. The number of rotatable bonds is 22. The number of sulfone groups is 1. The first-order valence-corrected chi connectivity index (χ1v) is 16.9. The number of hydrogen-bond acceptors (Lipinski definition) is 4. The smallest absolute Gasteiger partial charge is 0.204 e. The molecule has 4 nitrogen and oxygen atoms in total. The molecule has 0 aliphatic carbocycles. The molecule has 0 saturated carbocycles. The van der Waals surface area contributed by atoms with Crippen LogP contribution in [0.4, 0.5) is 0 Å². The van der Waals surface area contributed by atoms with Crippen LogP contribution in [-0.2, 0) is 9.84 Å². The normalized spacial score (nSPS) is 12.7. The highest BCUT2D eigenvalue weighted by Crippen LogP contribution is 2.21. The summed E-state index contributed by atoms with van der Waals surface area (Å²) in [6.07, 6.45) is 22.9. The average Bonchev–Trinajstić information content (AvgIpc) is 2.95. The van der Waals surface area contributed by atoms with E-state index in [0.29, 0.717) is 6.42 Å². The summed E-state index contributed by atoms with van der Waals surface area (Å²) in [5.41, 5.74) is 0.614. The molecule has 2 aromatic carbocycles. The number of unbranched alkanes of at least 4 members (excludes halogenated alkanes) is 13. The van der Waals surface area contributed by atoms with E-state index < -0.39 is 15.3 Å². The molecular weight excluding hydrogens is 504 g/mol. The van der Waals surface area contributed by atoms with Crippen LogP contribution in [0.25, 0.3) is 12.2 Å². The second-order valence-electron chi connectivity index (χ2n) is 10.7. The van der Waals surface area contributed by atoms with E-state index in [4.69, 9.17) is 4.74 Å². The Bertz CT molecular complexity index is 1010. The number of ether oxygens (including phenoxy) is 1. The van der Waals surface area contributed by atoms with Gasteiger partial charge in [0.25, 0.3) is 0 Å². The van der Waals surface area contributed by atoms with Crippen molar-refractivity contribution in [2.24, 2.45) is 0 Å². The van der Waals surface area contributed by atoms with Gasteiger partial charge in [0.15, 0.2) is 5.44 Å². The minimum atomic E-state index is -3.71. The molecule has 0 saturated heterocycles. The largest absolute Gasteiger partial charge is 0.494 e. The first-order valence-electron chi connectivity index (χ1n) is 15.4. The van der Waals surface area contributed by atoms with E-state index in [1.54, 1.807) is 24.3 Å². The lowest BCUT2D eigenvalue weighted by molar-refractivity contribution is 0.234. The van der Waals surface area contributed by atoms with Crippen LogP contribution in [0.5, 0.6) is 5.75 Å². The summed E-state index contributed by atoms with van der Waals surface area (Å²) < 4.78 is 31.1. The predicted octanol–water partition coefficient (Wildman–Crippen LogP) is 9.61. The zero-order chi connectivity index (χ0) is 28.2. The second-order valence-corrected chi connectivity index (χ2v) is 12.8. The van der Waals surface area contributed by atoms with Crippen molar-refractivity contribution >= 4 is 22.0 Å². The fourth-order valence-corrected chi connectivity index (χ4v) is 5.96. The Labute approximate surface area is 238 Å². The maximum Gasteiger partial charge on any atom is 0.204 e. The molecule has 218 valence electrons. The summed E-state index contributed by atoms with van der Waals surface area (Å²) in [5, 5.41) is 10.1. The van der Waals surface area contributed by atoms with Gasteiger partial charge in [-0.1, -0.05) is 134 Å². The lowest BCUT2D eigenvalue weighted by Gasteiger charge is -2.12. The van der Waals surface area contributed by atoms with Crippen molar-refractivity contribution in [3.05, 3.63) is 59.7 Å². The van der Waals surface area contributed by atoms with Crippen LogP contribution in [0.3, 0.4) is 0 Å². The molecule has 5 heteroatoms. The second kappa shape index (κ2) is 19.9. The van der Waals surface area contributed by atoms with Crippen molar-refractivity contribution < 1.29 is 18.3 Å². The molecule has 1 atom stereocenters. The first-order chi connectivity index (χ1) is 19.0. The van der Waals surface area contributed by atoms with E-state index in [1.807, 2.05) is 36.4 Å². The highest BCUT2D eigenvalue weighted by atomic mass is 32.2. The Morgan fingerprint density at radius 2 is 1.08 bits per heavy atom. The van der Waals surface area contributed by atoms with Gasteiger partial charge in [0.2, 0.25) is 9.84 Å². The maximum atomic E-state index is 12.6. The van der Waals surface area contributed by atoms with Crippen LogP contribution in [-0.4, -0.2) is 25.6 Å². The molecule has 0 aliphatic heterocycles. The van der Waals surface area contributed by atoms with Crippen LogP contribution in [0.15, 0.2) is 53.4 Å². The Hall–Kier alpha value is -2.11. The van der Waals surface area contributed by atoms with Crippen LogP contribution in [0.1, 0.15) is 128 Å². The third kappa shape index (κ3) is 13.7. The molecule has 2 rings (SSSR count). The number of aliphatic hydroxyl groups is 1. The summed E-state index contributed by atoms with van der Waals surface area (Å²) >= 11 is 0. The van der Waals surface area contributed by atoms with E-state index >= 15 is 0 Å². The van der Waals surface area contributed by atoms with Gasteiger partial charge in [0, 0.05) is 0 Å². The summed E-state index contributed by atoms with van der Waals surface area (Å²) in [7, 11) is -3.71. The Morgan fingerprint density at radius 3 is 1.59 bits per heavy atom. The monoisotopic (exact) mass is 556 g/mol. The van der Waals surface area contributed by atoms with E-state index in [2.05, 4.69) is 13.8 Å². The number of benzene rings is 2. The van der Waals surface area contributed by atoms with Gasteiger partial charge in [0.05, 0.1) is 11.5 Å². The van der Waals surface area contributed by atoms with E-state index in [-0.39, 0.29) is 11.3 Å². The fourth-order valence-electron chi connectivity index (χ4n) is 4.65. The van der Waals surface area contributed by atoms with Gasteiger partial charge in [-0.3, -0.25) is 0 Å². The van der Waals surface area contributed by atoms with Gasteiger partial charge < -0.3 is 9.84 Å². The molecule has 0 radical (unpaired) electrons. The van der Waals surface area contributed by atoms with Crippen molar-refractivity contribution in [2.45, 2.75) is 127 Å². The van der Waals surface area contributed by atoms with E-state index in [1.165, 1.54) is 70.6 Å². The average molecular weight is 557 g/mol. The molecule has 0 aromatic heterocycles. The van der Waals surface area contributed by atoms with Crippen molar-refractivity contribution in [3.8, 4) is 5.75 Å². The zero-order valence-corrected chi connectivity index (χ0v) is 25.3. The third-order valence-electron chi connectivity index (χ3n) is 7.24. The highest BCUT2D eigenvalue weighted by molar-refractivity contribution is 7.91. The number of hydrogen-bond donors (Lipinski definition) is 1. The Morgan fingerprint density at radius 1 is 0.641 bits per heavy atom. The molecule has 0 amide bonds. The van der Waals surface area contributed by atoms with Crippen molar-refractivity contribution in [1.82, 2.24) is 0 Å². The molecule has 2 aromatic rings.